The molecule has 0 radical (unpaired) electrons. The van der Waals surface area contributed by atoms with E-state index in [-0.39, 0.29) is 11.3 Å². The minimum absolute atomic E-state index is 0.119. The van der Waals surface area contributed by atoms with Crippen molar-refractivity contribution in [1.29, 1.82) is 0 Å². The number of aromatic nitrogens is 3. The lowest BCUT2D eigenvalue weighted by Crippen LogP contribution is -2.46. The van der Waals surface area contributed by atoms with Crippen LogP contribution in [0.2, 0.25) is 5.02 Å². The second kappa shape index (κ2) is 6.74. The molecule has 1 aromatic carbocycles. The van der Waals surface area contributed by atoms with Crippen LogP contribution in [-0.4, -0.2) is 39.1 Å². The first-order valence-corrected chi connectivity index (χ1v) is 9.61. The average molecular weight is 388 g/mol. The van der Waals surface area contributed by atoms with E-state index in [9.17, 15) is 4.79 Å². The molecule has 26 heavy (non-hydrogen) atoms. The van der Waals surface area contributed by atoms with Crippen LogP contribution in [0.1, 0.15) is 34.6 Å². The molecule has 134 valence electrons. The fourth-order valence-electron chi connectivity index (χ4n) is 3.63. The first-order valence-electron chi connectivity index (χ1n) is 8.35. The van der Waals surface area contributed by atoms with Crippen molar-refractivity contribution in [2.45, 2.75) is 18.3 Å². The predicted octanol–water partition coefficient (Wildman–Crippen LogP) is 3.32. The number of H-pyrrole nitrogens is 1. The number of likely N-dealkylation sites (tertiary alicyclic amines) is 1. The van der Waals surface area contributed by atoms with E-state index in [1.54, 1.807) is 0 Å². The number of nitrogens with zero attached hydrogens (tertiary/aromatic N) is 3. The molecular formula is C18H18ClN5OS. The van der Waals surface area contributed by atoms with E-state index >= 15 is 0 Å². The van der Waals surface area contributed by atoms with Gasteiger partial charge in [0.05, 0.1) is 16.9 Å². The standard InChI is InChI=1S/C18H18ClN5OS/c19-13-10-21-23-15(13)16(25)24-8-6-18(7-9-24,12-4-2-1-3-5-12)14-11-26-17(20)22-14/h1-5,10-11H,6-9H2,(H2,20,22)(H,21,23). The van der Waals surface area contributed by atoms with Crippen LogP contribution in [-0.2, 0) is 5.41 Å². The Balaban J connectivity index is 1.63. The zero-order valence-electron chi connectivity index (χ0n) is 14.0. The monoisotopic (exact) mass is 387 g/mol. The summed E-state index contributed by atoms with van der Waals surface area (Å²) >= 11 is 7.49. The Morgan fingerprint density at radius 1 is 1.27 bits per heavy atom. The average Bonchev–Trinajstić information content (AvgIpc) is 3.30. The van der Waals surface area contributed by atoms with Gasteiger partial charge in [-0.15, -0.1) is 11.3 Å². The molecule has 1 fully saturated rings. The van der Waals surface area contributed by atoms with Crippen molar-refractivity contribution in [3.05, 3.63) is 63.9 Å². The number of hydrogen-bond donors (Lipinski definition) is 2. The maximum atomic E-state index is 12.7. The molecule has 0 unspecified atom stereocenters. The van der Waals surface area contributed by atoms with Crippen LogP contribution in [0.25, 0.3) is 0 Å². The number of hydrogen-bond acceptors (Lipinski definition) is 5. The molecule has 1 amide bonds. The van der Waals surface area contributed by atoms with Gasteiger partial charge in [0.1, 0.15) is 5.69 Å². The number of anilines is 1. The number of amides is 1. The Labute approximate surface area is 160 Å². The predicted molar refractivity (Wildman–Crippen MR) is 102 cm³/mol. The highest BCUT2D eigenvalue weighted by Gasteiger charge is 2.41. The molecule has 2 aromatic heterocycles. The van der Waals surface area contributed by atoms with Crippen LogP contribution in [0.5, 0.6) is 0 Å². The van der Waals surface area contributed by atoms with Crippen molar-refractivity contribution >= 4 is 34.0 Å². The number of benzene rings is 1. The number of nitrogens with two attached hydrogens (primary N) is 1. The summed E-state index contributed by atoms with van der Waals surface area (Å²) in [6.07, 6.45) is 3.00. The summed E-state index contributed by atoms with van der Waals surface area (Å²) in [6, 6.07) is 10.3. The molecular weight excluding hydrogens is 370 g/mol. The van der Waals surface area contributed by atoms with Gasteiger partial charge >= 0.3 is 0 Å². The summed E-state index contributed by atoms with van der Waals surface area (Å²) in [4.78, 5) is 19.1. The van der Waals surface area contributed by atoms with Crippen LogP contribution in [0.15, 0.2) is 41.9 Å². The third kappa shape index (κ3) is 2.87. The van der Waals surface area contributed by atoms with Crippen LogP contribution in [0.4, 0.5) is 5.13 Å². The number of carbonyl (C=O) groups excluding carboxylic acids is 1. The SMILES string of the molecule is Nc1nc(C2(c3ccccc3)CCN(C(=O)c3[nH]ncc3Cl)CC2)cs1. The molecule has 0 saturated carbocycles. The van der Waals surface area contributed by atoms with Crippen molar-refractivity contribution in [3.63, 3.8) is 0 Å². The molecule has 3 heterocycles. The van der Waals surface area contributed by atoms with Gasteiger partial charge in [0, 0.05) is 23.9 Å². The van der Waals surface area contributed by atoms with Gasteiger partial charge in [0.2, 0.25) is 0 Å². The van der Waals surface area contributed by atoms with Gasteiger partial charge in [0.25, 0.3) is 5.91 Å². The molecule has 0 aliphatic carbocycles. The van der Waals surface area contributed by atoms with E-state index in [4.69, 9.17) is 17.3 Å². The Bertz CT molecular complexity index is 915. The maximum Gasteiger partial charge on any atom is 0.273 e. The molecule has 0 atom stereocenters. The first kappa shape index (κ1) is 17.1. The van der Waals surface area contributed by atoms with Gasteiger partial charge in [-0.2, -0.15) is 5.10 Å². The van der Waals surface area contributed by atoms with E-state index in [2.05, 4.69) is 27.3 Å². The van der Waals surface area contributed by atoms with Crippen molar-refractivity contribution in [3.8, 4) is 0 Å². The van der Waals surface area contributed by atoms with E-state index in [0.717, 1.165) is 18.5 Å². The topological polar surface area (TPSA) is 87.9 Å². The van der Waals surface area contributed by atoms with Crippen LogP contribution >= 0.6 is 22.9 Å². The summed E-state index contributed by atoms with van der Waals surface area (Å²) in [6.45, 7) is 1.22. The van der Waals surface area contributed by atoms with Crippen molar-refractivity contribution in [2.24, 2.45) is 0 Å². The Morgan fingerprint density at radius 2 is 2.00 bits per heavy atom. The number of halogens is 1. The number of aromatic amines is 1. The lowest BCUT2D eigenvalue weighted by molar-refractivity contribution is 0.0678. The highest BCUT2D eigenvalue weighted by molar-refractivity contribution is 7.13. The van der Waals surface area contributed by atoms with Gasteiger partial charge in [-0.1, -0.05) is 41.9 Å². The lowest BCUT2D eigenvalue weighted by Gasteiger charge is -2.41. The second-order valence-corrected chi connectivity index (χ2v) is 7.70. The number of nitrogens with one attached hydrogen (secondary N) is 1. The third-order valence-electron chi connectivity index (χ3n) is 5.05. The summed E-state index contributed by atoms with van der Waals surface area (Å²) in [5, 5.41) is 9.48. The van der Waals surface area contributed by atoms with Gasteiger partial charge in [-0.25, -0.2) is 4.98 Å². The normalized spacial score (nSPS) is 16.6. The van der Waals surface area contributed by atoms with Gasteiger partial charge in [0.15, 0.2) is 5.13 Å². The molecule has 1 aliphatic rings. The Hall–Kier alpha value is -2.38. The van der Waals surface area contributed by atoms with E-state index in [1.807, 2.05) is 28.5 Å². The van der Waals surface area contributed by atoms with E-state index < -0.39 is 0 Å². The molecule has 1 saturated heterocycles. The zero-order valence-corrected chi connectivity index (χ0v) is 15.6. The van der Waals surface area contributed by atoms with Crippen molar-refractivity contribution in [2.75, 3.05) is 18.8 Å². The molecule has 3 N–H and O–H groups in total. The summed E-state index contributed by atoms with van der Waals surface area (Å²) in [7, 11) is 0. The molecule has 8 heteroatoms. The van der Waals surface area contributed by atoms with Crippen LogP contribution in [0.3, 0.4) is 0 Å². The number of carbonyl (C=O) groups is 1. The molecule has 6 nitrogen and oxygen atoms in total. The molecule has 4 rings (SSSR count). The zero-order chi connectivity index (χ0) is 18.1. The van der Waals surface area contributed by atoms with Crippen molar-refractivity contribution in [1.82, 2.24) is 20.1 Å². The van der Waals surface area contributed by atoms with Gasteiger partial charge < -0.3 is 10.6 Å². The molecule has 0 bridgehead atoms. The molecule has 0 spiro atoms. The smallest absolute Gasteiger partial charge is 0.273 e. The Kier molecular flexibility index (Phi) is 4.42. The minimum atomic E-state index is -0.232. The fourth-order valence-corrected chi connectivity index (χ4v) is 4.46. The largest absolute Gasteiger partial charge is 0.375 e. The second-order valence-electron chi connectivity index (χ2n) is 6.40. The van der Waals surface area contributed by atoms with E-state index in [1.165, 1.54) is 23.1 Å². The van der Waals surface area contributed by atoms with E-state index in [0.29, 0.717) is 28.9 Å². The third-order valence-corrected chi connectivity index (χ3v) is 6.01. The summed E-state index contributed by atoms with van der Waals surface area (Å²) in [5.41, 5.74) is 8.20. The number of piperidine rings is 1. The van der Waals surface area contributed by atoms with Crippen LogP contribution < -0.4 is 5.73 Å². The quantitative estimate of drug-likeness (QED) is 0.721. The highest BCUT2D eigenvalue weighted by atomic mass is 35.5. The molecule has 3 aromatic rings. The number of nitrogen functional groups attached to an aromatic ring is 1. The summed E-state index contributed by atoms with van der Waals surface area (Å²) < 4.78 is 0. The molecule has 1 aliphatic heterocycles. The first-order chi connectivity index (χ1) is 12.6. The maximum absolute atomic E-state index is 12.7. The Morgan fingerprint density at radius 3 is 2.58 bits per heavy atom. The number of rotatable bonds is 3. The lowest BCUT2D eigenvalue weighted by atomic mass is 9.70. The van der Waals surface area contributed by atoms with Crippen molar-refractivity contribution < 1.29 is 4.79 Å². The minimum Gasteiger partial charge on any atom is -0.375 e. The number of thiazole rings is 1. The summed E-state index contributed by atoms with van der Waals surface area (Å²) in [5.74, 6) is -0.119. The highest BCUT2D eigenvalue weighted by Crippen LogP contribution is 2.42. The van der Waals surface area contributed by atoms with Gasteiger partial charge in [-0.3, -0.25) is 9.89 Å². The van der Waals surface area contributed by atoms with Gasteiger partial charge in [-0.05, 0) is 18.4 Å². The fraction of sp³-hybridized carbons (Fsp3) is 0.278. The van der Waals surface area contributed by atoms with Crippen LogP contribution in [0, 0.1) is 0 Å².